The molecule has 1 fully saturated rings. The Hall–Kier alpha value is -1.35. The third-order valence-corrected chi connectivity index (χ3v) is 6.20. The number of hydrogen-bond donors (Lipinski definition) is 2. The van der Waals surface area contributed by atoms with Gasteiger partial charge in [0.2, 0.25) is 0 Å². The van der Waals surface area contributed by atoms with Gasteiger partial charge in [-0.2, -0.15) is 0 Å². The van der Waals surface area contributed by atoms with Crippen LogP contribution >= 0.6 is 24.0 Å². The topological polar surface area (TPSA) is 63.5 Å². The first-order valence-electron chi connectivity index (χ1n) is 11.1. The molecular weight excluding hydrogens is 489 g/mol. The third kappa shape index (κ3) is 6.57. The second kappa shape index (κ2) is 12.5. The summed E-state index contributed by atoms with van der Waals surface area (Å²) in [7, 11) is 1.85. The van der Waals surface area contributed by atoms with Crippen molar-refractivity contribution in [1.82, 2.24) is 20.2 Å². The maximum atomic E-state index is 5.63. The highest BCUT2D eigenvalue weighted by atomic mass is 127. The molecule has 0 radical (unpaired) electrons. The minimum Gasteiger partial charge on any atom is -0.382 e. The monoisotopic (exact) mass is 527 g/mol. The maximum absolute atomic E-state index is 5.63. The van der Waals surface area contributed by atoms with Crippen LogP contribution < -0.4 is 10.6 Å². The lowest BCUT2D eigenvalue weighted by atomic mass is 9.83. The predicted molar refractivity (Wildman–Crippen MR) is 136 cm³/mol. The number of para-hydroxylation sites is 2. The summed E-state index contributed by atoms with van der Waals surface area (Å²) in [4.78, 5) is 9.07. The van der Waals surface area contributed by atoms with E-state index in [1.54, 1.807) is 0 Å². The Balaban J connectivity index is 0.00000320. The van der Waals surface area contributed by atoms with Crippen molar-refractivity contribution in [3.63, 3.8) is 0 Å². The molecule has 3 rings (SSSR count). The highest BCUT2D eigenvalue weighted by molar-refractivity contribution is 14.0. The normalized spacial score (nSPS) is 15.9. The molecule has 2 aromatic rings. The second-order valence-electron chi connectivity index (χ2n) is 8.16. The molecule has 0 spiro atoms. The number of guanidine groups is 1. The van der Waals surface area contributed by atoms with Crippen molar-refractivity contribution in [3.05, 3.63) is 30.1 Å². The summed E-state index contributed by atoms with van der Waals surface area (Å²) in [6.07, 6.45) is 7.40. The van der Waals surface area contributed by atoms with Crippen molar-refractivity contribution in [1.29, 1.82) is 0 Å². The van der Waals surface area contributed by atoms with Gasteiger partial charge >= 0.3 is 0 Å². The van der Waals surface area contributed by atoms with E-state index >= 15 is 0 Å². The van der Waals surface area contributed by atoms with Crippen LogP contribution in [0.5, 0.6) is 0 Å². The van der Waals surface area contributed by atoms with Crippen LogP contribution in [-0.4, -0.2) is 48.9 Å². The minimum absolute atomic E-state index is 0. The first kappa shape index (κ1) is 24.9. The first-order valence-corrected chi connectivity index (χ1v) is 11.1. The summed E-state index contributed by atoms with van der Waals surface area (Å²) in [6.45, 7) is 8.63. The molecule has 6 nitrogen and oxygen atoms in total. The average Bonchev–Trinajstić information content (AvgIpc) is 3.32. The predicted octanol–water partition coefficient (Wildman–Crippen LogP) is 4.50. The van der Waals surface area contributed by atoms with Gasteiger partial charge in [-0.25, -0.2) is 4.98 Å². The van der Waals surface area contributed by atoms with E-state index in [9.17, 15) is 0 Å². The largest absolute Gasteiger partial charge is 0.382 e. The highest BCUT2D eigenvalue weighted by Gasteiger charge is 2.33. The summed E-state index contributed by atoms with van der Waals surface area (Å²) >= 11 is 0. The standard InChI is InChI=1S/C23H37N5O.HI/c1-4-29-17-14-23(12-7-8-13-23)18-26-22(24-3)25-15-9-16-28-19(2)27-20-10-5-6-11-21(20)28;/h5-6,10-11H,4,7-9,12-18H2,1-3H3,(H2,24,25,26);1H. The average molecular weight is 527 g/mol. The number of nitrogens with one attached hydrogen (secondary N) is 2. The number of rotatable bonds is 10. The number of aliphatic imine (C=N–C) groups is 1. The Morgan fingerprint density at radius 3 is 2.73 bits per heavy atom. The Kier molecular flexibility index (Phi) is 10.4. The summed E-state index contributed by atoms with van der Waals surface area (Å²) in [5, 5.41) is 7.06. The fourth-order valence-corrected chi connectivity index (χ4v) is 4.49. The molecule has 0 bridgehead atoms. The van der Waals surface area contributed by atoms with Gasteiger partial charge in [0.1, 0.15) is 5.82 Å². The van der Waals surface area contributed by atoms with E-state index < -0.39 is 0 Å². The Bertz CT molecular complexity index is 798. The van der Waals surface area contributed by atoms with Crippen LogP contribution in [0.3, 0.4) is 0 Å². The smallest absolute Gasteiger partial charge is 0.190 e. The lowest BCUT2D eigenvalue weighted by Gasteiger charge is -2.30. The fraction of sp³-hybridized carbons (Fsp3) is 0.652. The molecule has 2 N–H and O–H groups in total. The van der Waals surface area contributed by atoms with Crippen molar-refractivity contribution < 1.29 is 4.74 Å². The molecule has 0 unspecified atom stereocenters. The van der Waals surface area contributed by atoms with Gasteiger partial charge in [0, 0.05) is 39.9 Å². The zero-order valence-corrected chi connectivity index (χ0v) is 21.1. The second-order valence-corrected chi connectivity index (χ2v) is 8.16. The first-order chi connectivity index (χ1) is 14.2. The highest BCUT2D eigenvalue weighted by Crippen LogP contribution is 2.40. The number of halogens is 1. The molecule has 7 heteroatoms. The lowest BCUT2D eigenvalue weighted by Crippen LogP contribution is -2.43. The van der Waals surface area contributed by atoms with E-state index in [0.717, 1.165) is 63.0 Å². The number of benzene rings is 1. The zero-order valence-electron chi connectivity index (χ0n) is 18.7. The molecular formula is C23H38IN5O. The van der Waals surface area contributed by atoms with Crippen LogP contribution in [0.4, 0.5) is 0 Å². The number of ether oxygens (including phenoxy) is 1. The number of aromatic nitrogens is 2. The quantitative estimate of drug-likeness (QED) is 0.207. The number of fused-ring (bicyclic) bond motifs is 1. The molecule has 30 heavy (non-hydrogen) atoms. The third-order valence-electron chi connectivity index (χ3n) is 6.20. The van der Waals surface area contributed by atoms with Gasteiger partial charge in [0.15, 0.2) is 5.96 Å². The van der Waals surface area contributed by atoms with E-state index in [2.05, 4.69) is 57.2 Å². The Labute approximate surface area is 198 Å². The maximum Gasteiger partial charge on any atom is 0.190 e. The molecule has 1 heterocycles. The van der Waals surface area contributed by atoms with Crippen molar-refractivity contribution in [3.8, 4) is 0 Å². The van der Waals surface area contributed by atoms with Crippen LogP contribution in [0.1, 0.15) is 51.3 Å². The van der Waals surface area contributed by atoms with E-state index in [4.69, 9.17) is 4.74 Å². The van der Waals surface area contributed by atoms with Crippen LogP contribution in [-0.2, 0) is 11.3 Å². The summed E-state index contributed by atoms with van der Waals surface area (Å²) in [5.74, 6) is 1.98. The van der Waals surface area contributed by atoms with Crippen molar-refractivity contribution in [2.75, 3.05) is 33.4 Å². The number of imidazole rings is 1. The molecule has 0 aliphatic heterocycles. The molecule has 1 aromatic carbocycles. The van der Waals surface area contributed by atoms with E-state index in [0.29, 0.717) is 5.41 Å². The summed E-state index contributed by atoms with van der Waals surface area (Å²) in [6, 6.07) is 8.34. The summed E-state index contributed by atoms with van der Waals surface area (Å²) < 4.78 is 7.93. The Morgan fingerprint density at radius 1 is 1.23 bits per heavy atom. The molecule has 0 amide bonds. The van der Waals surface area contributed by atoms with Crippen LogP contribution in [0.2, 0.25) is 0 Å². The minimum atomic E-state index is 0. The summed E-state index contributed by atoms with van der Waals surface area (Å²) in [5.41, 5.74) is 2.65. The number of aryl methyl sites for hydroxylation is 2. The SMILES string of the molecule is CCOCCC1(CNC(=NC)NCCCn2c(C)nc3ccccc32)CCCC1.I. The van der Waals surface area contributed by atoms with Gasteiger partial charge in [-0.3, -0.25) is 4.99 Å². The van der Waals surface area contributed by atoms with E-state index in [1.807, 2.05) is 13.1 Å². The molecule has 1 saturated carbocycles. The van der Waals surface area contributed by atoms with Crippen molar-refractivity contribution in [2.24, 2.45) is 10.4 Å². The van der Waals surface area contributed by atoms with Gasteiger partial charge in [-0.05, 0) is 57.1 Å². The number of hydrogen-bond acceptors (Lipinski definition) is 3. The molecule has 1 aliphatic rings. The molecule has 0 saturated heterocycles. The molecule has 1 aromatic heterocycles. The Morgan fingerprint density at radius 2 is 2.00 bits per heavy atom. The van der Waals surface area contributed by atoms with Crippen molar-refractivity contribution >= 4 is 41.0 Å². The number of nitrogens with zero attached hydrogens (tertiary/aromatic N) is 3. The van der Waals surface area contributed by atoms with Gasteiger partial charge in [0.25, 0.3) is 0 Å². The van der Waals surface area contributed by atoms with E-state index in [1.165, 1.54) is 31.2 Å². The van der Waals surface area contributed by atoms with Gasteiger partial charge in [-0.1, -0.05) is 25.0 Å². The van der Waals surface area contributed by atoms with Gasteiger partial charge in [-0.15, -0.1) is 24.0 Å². The van der Waals surface area contributed by atoms with E-state index in [-0.39, 0.29) is 24.0 Å². The van der Waals surface area contributed by atoms with Gasteiger partial charge in [0.05, 0.1) is 11.0 Å². The molecule has 0 atom stereocenters. The lowest BCUT2D eigenvalue weighted by molar-refractivity contribution is 0.105. The van der Waals surface area contributed by atoms with Crippen LogP contribution in [0.25, 0.3) is 11.0 Å². The molecule has 1 aliphatic carbocycles. The zero-order chi connectivity index (χ0) is 20.5. The van der Waals surface area contributed by atoms with Gasteiger partial charge < -0.3 is 19.9 Å². The van der Waals surface area contributed by atoms with Crippen LogP contribution in [0, 0.1) is 12.3 Å². The van der Waals surface area contributed by atoms with Crippen LogP contribution in [0.15, 0.2) is 29.3 Å². The fourth-order valence-electron chi connectivity index (χ4n) is 4.49. The molecule has 168 valence electrons. The van der Waals surface area contributed by atoms with Crippen molar-refractivity contribution in [2.45, 2.75) is 58.9 Å².